The van der Waals surface area contributed by atoms with Crippen LogP contribution in [0, 0.1) is 10.1 Å². The number of carbonyl (C=O) groups is 3. The molecule has 0 saturated heterocycles. The molecule has 9 nitrogen and oxygen atoms in total. The molecule has 2 aromatic carbocycles. The first-order valence-electron chi connectivity index (χ1n) is 8.10. The predicted molar refractivity (Wildman–Crippen MR) is 103 cm³/mol. The van der Waals surface area contributed by atoms with Gasteiger partial charge in [-0.05, 0) is 43.3 Å². The average Bonchev–Trinajstić information content (AvgIpc) is 2.66. The maximum Gasteiger partial charge on any atom is 0.338 e. The summed E-state index contributed by atoms with van der Waals surface area (Å²) in [5, 5.41) is 13.8. The fourth-order valence-corrected chi connectivity index (χ4v) is 2.98. The third-order valence-corrected chi connectivity index (χ3v) is 4.54. The number of hydrogen-bond donors (Lipinski definition) is 2. The first kappa shape index (κ1) is 20.9. The fraction of sp³-hybridized carbons (Fsp3) is 0.167. The van der Waals surface area contributed by atoms with Crippen LogP contribution in [0.4, 0.5) is 11.4 Å². The number of nitrogens with zero attached hydrogens (tertiary/aromatic N) is 1. The largest absolute Gasteiger partial charge is 0.462 e. The maximum absolute atomic E-state index is 12.1. The summed E-state index contributed by atoms with van der Waals surface area (Å²) in [6.07, 6.45) is 0. The number of rotatable bonds is 8. The number of benzene rings is 2. The molecular formula is C18H17N3O6S. The molecule has 0 saturated carbocycles. The Hall–Kier alpha value is -3.40. The molecule has 0 aliphatic heterocycles. The number of hydrogen-bond acceptors (Lipinski definition) is 7. The van der Waals surface area contributed by atoms with Crippen LogP contribution in [0.25, 0.3) is 0 Å². The van der Waals surface area contributed by atoms with Crippen molar-refractivity contribution in [3.8, 4) is 0 Å². The number of amides is 2. The van der Waals surface area contributed by atoms with Crippen molar-refractivity contribution in [2.75, 3.05) is 17.7 Å². The molecule has 146 valence electrons. The van der Waals surface area contributed by atoms with Crippen molar-refractivity contribution in [3.63, 3.8) is 0 Å². The Morgan fingerprint density at radius 2 is 1.79 bits per heavy atom. The zero-order chi connectivity index (χ0) is 20.7. The lowest BCUT2D eigenvalue weighted by atomic mass is 10.2. The molecule has 0 bridgehead atoms. The van der Waals surface area contributed by atoms with Crippen LogP contribution in [-0.4, -0.2) is 35.1 Å². The van der Waals surface area contributed by atoms with E-state index in [0.717, 1.165) is 17.8 Å². The Morgan fingerprint density at radius 1 is 1.14 bits per heavy atom. The highest BCUT2D eigenvalue weighted by Crippen LogP contribution is 2.30. The number of primary amides is 1. The average molecular weight is 403 g/mol. The molecule has 0 aromatic heterocycles. The molecule has 2 amide bonds. The third-order valence-electron chi connectivity index (χ3n) is 3.48. The number of ether oxygens (including phenoxy) is 1. The van der Waals surface area contributed by atoms with Gasteiger partial charge in [0.25, 0.3) is 5.69 Å². The van der Waals surface area contributed by atoms with Crippen LogP contribution in [0.5, 0.6) is 0 Å². The van der Waals surface area contributed by atoms with E-state index in [4.69, 9.17) is 10.5 Å². The first-order chi connectivity index (χ1) is 13.3. The highest BCUT2D eigenvalue weighted by atomic mass is 32.2. The Labute approximate surface area is 164 Å². The summed E-state index contributed by atoms with van der Waals surface area (Å²) in [7, 11) is 0. The second-order valence-corrected chi connectivity index (χ2v) is 6.46. The molecular weight excluding hydrogens is 386 g/mol. The minimum atomic E-state index is -0.774. The van der Waals surface area contributed by atoms with Crippen molar-refractivity contribution in [1.29, 1.82) is 0 Å². The van der Waals surface area contributed by atoms with Gasteiger partial charge in [-0.15, -0.1) is 11.8 Å². The number of nitro groups is 1. The Balaban J connectivity index is 2.00. The van der Waals surface area contributed by atoms with Crippen LogP contribution in [0.3, 0.4) is 0 Å². The van der Waals surface area contributed by atoms with Gasteiger partial charge in [-0.2, -0.15) is 0 Å². The van der Waals surface area contributed by atoms with Crippen molar-refractivity contribution >= 4 is 40.9 Å². The van der Waals surface area contributed by atoms with Gasteiger partial charge in [-0.25, -0.2) is 4.79 Å². The van der Waals surface area contributed by atoms with Crippen molar-refractivity contribution < 1.29 is 24.0 Å². The molecule has 0 atom stereocenters. The third kappa shape index (κ3) is 5.55. The van der Waals surface area contributed by atoms with E-state index in [1.165, 1.54) is 24.3 Å². The van der Waals surface area contributed by atoms with Crippen LogP contribution < -0.4 is 11.1 Å². The van der Waals surface area contributed by atoms with E-state index in [2.05, 4.69) is 5.32 Å². The Bertz CT molecular complexity index is 914. The maximum atomic E-state index is 12.1. The van der Waals surface area contributed by atoms with Gasteiger partial charge in [-0.1, -0.05) is 0 Å². The van der Waals surface area contributed by atoms with E-state index in [0.29, 0.717) is 11.3 Å². The van der Waals surface area contributed by atoms with Crippen LogP contribution in [-0.2, 0) is 9.53 Å². The molecule has 0 aliphatic rings. The Kier molecular flexibility index (Phi) is 7.10. The van der Waals surface area contributed by atoms with Crippen LogP contribution in [0.1, 0.15) is 27.6 Å². The van der Waals surface area contributed by atoms with Gasteiger partial charge < -0.3 is 15.8 Å². The van der Waals surface area contributed by atoms with Crippen molar-refractivity contribution in [2.45, 2.75) is 11.8 Å². The molecule has 0 spiro atoms. The lowest BCUT2D eigenvalue weighted by Gasteiger charge is -2.07. The van der Waals surface area contributed by atoms with E-state index in [1.54, 1.807) is 19.1 Å². The molecule has 3 N–H and O–H groups in total. The van der Waals surface area contributed by atoms with Crippen molar-refractivity contribution in [1.82, 2.24) is 0 Å². The van der Waals surface area contributed by atoms with Gasteiger partial charge in [0.15, 0.2) is 0 Å². The van der Waals surface area contributed by atoms with E-state index in [-0.39, 0.29) is 34.4 Å². The highest BCUT2D eigenvalue weighted by molar-refractivity contribution is 8.00. The van der Waals surface area contributed by atoms with Gasteiger partial charge in [0.2, 0.25) is 11.8 Å². The SMILES string of the molecule is CCOC(=O)c1ccc(NC(=O)CSc2ccc(C(N)=O)cc2[N+](=O)[O-])cc1. The summed E-state index contributed by atoms with van der Waals surface area (Å²) >= 11 is 0.958. The zero-order valence-corrected chi connectivity index (χ0v) is 15.7. The van der Waals surface area contributed by atoms with Crippen molar-refractivity contribution in [3.05, 3.63) is 63.7 Å². The van der Waals surface area contributed by atoms with Crippen LogP contribution in [0.2, 0.25) is 0 Å². The van der Waals surface area contributed by atoms with Gasteiger partial charge in [0.05, 0.1) is 27.7 Å². The summed E-state index contributed by atoms with van der Waals surface area (Å²) in [5.74, 6) is -1.70. The van der Waals surface area contributed by atoms with E-state index in [9.17, 15) is 24.5 Å². The molecule has 2 aromatic rings. The van der Waals surface area contributed by atoms with Gasteiger partial charge in [-0.3, -0.25) is 19.7 Å². The summed E-state index contributed by atoms with van der Waals surface area (Å²) in [5.41, 5.74) is 5.67. The number of thioether (sulfide) groups is 1. The second-order valence-electron chi connectivity index (χ2n) is 5.44. The Morgan fingerprint density at radius 3 is 2.36 bits per heavy atom. The standard InChI is InChI=1S/C18H17N3O6S/c1-2-27-18(24)11-3-6-13(7-4-11)20-16(22)10-28-15-8-5-12(17(19)23)9-14(15)21(25)26/h3-9H,2,10H2,1H3,(H2,19,23)(H,20,22). The molecule has 0 heterocycles. The lowest BCUT2D eigenvalue weighted by molar-refractivity contribution is -0.387. The zero-order valence-electron chi connectivity index (χ0n) is 14.8. The number of carbonyl (C=O) groups excluding carboxylic acids is 3. The van der Waals surface area contributed by atoms with Crippen molar-refractivity contribution in [2.24, 2.45) is 5.73 Å². The second kappa shape index (κ2) is 9.51. The molecule has 2 rings (SSSR count). The van der Waals surface area contributed by atoms with Gasteiger partial charge in [0.1, 0.15) is 0 Å². The number of anilines is 1. The molecule has 0 radical (unpaired) electrons. The minimum absolute atomic E-state index is 0.0159. The molecule has 0 fully saturated rings. The molecule has 0 unspecified atom stereocenters. The first-order valence-corrected chi connectivity index (χ1v) is 9.08. The number of nitrogens with two attached hydrogens (primary N) is 1. The fourth-order valence-electron chi connectivity index (χ4n) is 2.18. The lowest BCUT2D eigenvalue weighted by Crippen LogP contribution is -2.14. The minimum Gasteiger partial charge on any atom is -0.462 e. The van der Waals surface area contributed by atoms with Crippen LogP contribution in [0.15, 0.2) is 47.4 Å². The van der Waals surface area contributed by atoms with E-state index < -0.39 is 16.8 Å². The van der Waals surface area contributed by atoms with Gasteiger partial charge in [0, 0.05) is 17.3 Å². The van der Waals surface area contributed by atoms with Gasteiger partial charge >= 0.3 is 5.97 Å². The summed E-state index contributed by atoms with van der Waals surface area (Å²) in [6.45, 7) is 1.97. The van der Waals surface area contributed by atoms with E-state index >= 15 is 0 Å². The smallest absolute Gasteiger partial charge is 0.338 e. The quantitative estimate of drug-likeness (QED) is 0.298. The number of esters is 1. The topological polar surface area (TPSA) is 142 Å². The molecule has 10 heteroatoms. The number of nitrogens with one attached hydrogen (secondary N) is 1. The normalized spacial score (nSPS) is 10.2. The summed E-state index contributed by atoms with van der Waals surface area (Å²) in [4.78, 5) is 45.6. The predicted octanol–water partition coefficient (Wildman–Crippen LogP) is 2.60. The molecule has 28 heavy (non-hydrogen) atoms. The number of nitro benzene ring substituents is 1. The highest BCUT2D eigenvalue weighted by Gasteiger charge is 2.18. The summed E-state index contributed by atoms with van der Waals surface area (Å²) < 4.78 is 4.88. The van der Waals surface area contributed by atoms with E-state index in [1.807, 2.05) is 0 Å². The monoisotopic (exact) mass is 403 g/mol. The molecule has 0 aliphatic carbocycles. The summed E-state index contributed by atoms with van der Waals surface area (Å²) in [6, 6.07) is 9.98. The van der Waals surface area contributed by atoms with Crippen LogP contribution >= 0.6 is 11.8 Å².